The molecule has 0 spiro atoms. The number of rotatable bonds is 6. The summed E-state index contributed by atoms with van der Waals surface area (Å²) in [6.45, 7) is 7.03. The summed E-state index contributed by atoms with van der Waals surface area (Å²) in [6, 6.07) is 0.884. The lowest BCUT2D eigenvalue weighted by Crippen LogP contribution is -2.41. The first kappa shape index (κ1) is 10.4. The van der Waals surface area contributed by atoms with Crippen molar-refractivity contribution in [1.29, 1.82) is 0 Å². The van der Waals surface area contributed by atoms with Crippen LogP contribution < -0.4 is 5.73 Å². The molecule has 2 N–H and O–H groups in total. The Morgan fingerprint density at radius 2 is 2.00 bits per heavy atom. The lowest BCUT2D eigenvalue weighted by Gasteiger charge is -2.26. The summed E-state index contributed by atoms with van der Waals surface area (Å²) in [6.07, 6.45) is 6.64. The van der Waals surface area contributed by atoms with E-state index in [4.69, 9.17) is 5.73 Å². The van der Waals surface area contributed by atoms with Crippen molar-refractivity contribution in [3.05, 3.63) is 0 Å². The van der Waals surface area contributed by atoms with Gasteiger partial charge in [0.25, 0.3) is 0 Å². The van der Waals surface area contributed by atoms with Crippen molar-refractivity contribution in [1.82, 2.24) is 4.90 Å². The topological polar surface area (TPSA) is 29.3 Å². The second-order valence-electron chi connectivity index (χ2n) is 5.75. The van der Waals surface area contributed by atoms with Crippen molar-refractivity contribution in [2.75, 3.05) is 13.1 Å². The molecule has 2 aliphatic rings. The highest BCUT2D eigenvalue weighted by atomic mass is 15.2. The largest absolute Gasteiger partial charge is 0.324 e. The van der Waals surface area contributed by atoms with Crippen LogP contribution in [0.15, 0.2) is 0 Å². The van der Waals surface area contributed by atoms with Crippen molar-refractivity contribution in [2.24, 2.45) is 11.7 Å². The Labute approximate surface area is 87.8 Å². The first-order chi connectivity index (χ1) is 6.59. The van der Waals surface area contributed by atoms with Crippen LogP contribution in [0.3, 0.4) is 0 Å². The number of nitrogens with two attached hydrogens (primary N) is 1. The van der Waals surface area contributed by atoms with Gasteiger partial charge in [-0.2, -0.15) is 0 Å². The van der Waals surface area contributed by atoms with E-state index in [0.717, 1.165) is 18.5 Å². The van der Waals surface area contributed by atoms with Gasteiger partial charge < -0.3 is 5.73 Å². The van der Waals surface area contributed by atoms with Crippen LogP contribution in [0.2, 0.25) is 0 Å². The maximum absolute atomic E-state index is 6.18. The molecule has 0 heterocycles. The Morgan fingerprint density at radius 1 is 1.36 bits per heavy atom. The van der Waals surface area contributed by atoms with E-state index in [1.807, 2.05) is 0 Å². The van der Waals surface area contributed by atoms with Gasteiger partial charge >= 0.3 is 0 Å². The fourth-order valence-corrected chi connectivity index (χ4v) is 1.98. The quantitative estimate of drug-likeness (QED) is 0.704. The molecule has 0 bridgehead atoms. The average molecular weight is 196 g/mol. The maximum atomic E-state index is 6.18. The highest BCUT2D eigenvalue weighted by Crippen LogP contribution is 2.36. The van der Waals surface area contributed by atoms with Gasteiger partial charge in [0.15, 0.2) is 0 Å². The third-order valence-corrected chi connectivity index (χ3v) is 3.47. The van der Waals surface area contributed by atoms with Crippen LogP contribution in [0.1, 0.15) is 46.0 Å². The SMILES string of the molecule is CC(C)CCN(CC1(N)CC1)C1CC1. The summed E-state index contributed by atoms with van der Waals surface area (Å²) in [5.74, 6) is 0.823. The van der Waals surface area contributed by atoms with Crippen LogP contribution in [0.5, 0.6) is 0 Å². The molecule has 0 aliphatic heterocycles. The van der Waals surface area contributed by atoms with Gasteiger partial charge in [0.2, 0.25) is 0 Å². The minimum absolute atomic E-state index is 0.208. The molecular formula is C12H24N2. The molecule has 2 fully saturated rings. The lowest BCUT2D eigenvalue weighted by molar-refractivity contribution is 0.227. The predicted molar refractivity (Wildman–Crippen MR) is 60.2 cm³/mol. The Balaban J connectivity index is 1.75. The molecule has 2 rings (SSSR count). The van der Waals surface area contributed by atoms with E-state index in [2.05, 4.69) is 18.7 Å². The lowest BCUT2D eigenvalue weighted by atomic mass is 10.1. The molecule has 0 unspecified atom stereocenters. The molecule has 2 heteroatoms. The van der Waals surface area contributed by atoms with Gasteiger partial charge in [0.05, 0.1) is 0 Å². The minimum atomic E-state index is 0.208. The zero-order valence-electron chi connectivity index (χ0n) is 9.63. The van der Waals surface area contributed by atoms with E-state index >= 15 is 0 Å². The predicted octanol–water partition coefficient (Wildman–Crippen LogP) is 1.99. The van der Waals surface area contributed by atoms with Crippen molar-refractivity contribution < 1.29 is 0 Å². The number of hydrogen-bond acceptors (Lipinski definition) is 2. The zero-order valence-corrected chi connectivity index (χ0v) is 9.63. The Kier molecular flexibility index (Phi) is 2.85. The Hall–Kier alpha value is -0.0800. The summed E-state index contributed by atoms with van der Waals surface area (Å²) in [5, 5.41) is 0. The molecule has 2 saturated carbocycles. The fourth-order valence-electron chi connectivity index (χ4n) is 1.98. The van der Waals surface area contributed by atoms with Crippen molar-refractivity contribution in [2.45, 2.75) is 57.5 Å². The van der Waals surface area contributed by atoms with Gasteiger partial charge in [-0.15, -0.1) is 0 Å². The zero-order chi connectivity index (χ0) is 10.2. The molecule has 0 saturated heterocycles. The van der Waals surface area contributed by atoms with Gasteiger partial charge in [-0.1, -0.05) is 13.8 Å². The number of nitrogens with zero attached hydrogens (tertiary/aromatic N) is 1. The summed E-state index contributed by atoms with van der Waals surface area (Å²) >= 11 is 0. The fraction of sp³-hybridized carbons (Fsp3) is 1.00. The van der Waals surface area contributed by atoms with Crippen LogP contribution in [0.25, 0.3) is 0 Å². The molecule has 14 heavy (non-hydrogen) atoms. The normalized spacial score (nSPS) is 24.6. The molecule has 0 aromatic heterocycles. The molecular weight excluding hydrogens is 172 g/mol. The molecule has 0 atom stereocenters. The van der Waals surface area contributed by atoms with Crippen LogP contribution in [0.4, 0.5) is 0 Å². The molecule has 2 nitrogen and oxygen atoms in total. The van der Waals surface area contributed by atoms with Crippen LogP contribution in [0, 0.1) is 5.92 Å². The van der Waals surface area contributed by atoms with Gasteiger partial charge in [-0.25, -0.2) is 0 Å². The van der Waals surface area contributed by atoms with Crippen molar-refractivity contribution in [3.8, 4) is 0 Å². The van der Waals surface area contributed by atoms with Crippen molar-refractivity contribution >= 4 is 0 Å². The average Bonchev–Trinajstić information content (AvgIpc) is 2.93. The van der Waals surface area contributed by atoms with Crippen LogP contribution >= 0.6 is 0 Å². The van der Waals surface area contributed by atoms with Crippen LogP contribution in [-0.2, 0) is 0 Å². The van der Waals surface area contributed by atoms with E-state index in [0.29, 0.717) is 0 Å². The first-order valence-corrected chi connectivity index (χ1v) is 6.12. The van der Waals surface area contributed by atoms with E-state index < -0.39 is 0 Å². The molecule has 82 valence electrons. The smallest absolute Gasteiger partial charge is 0.0284 e. The molecule has 2 aliphatic carbocycles. The third kappa shape index (κ3) is 2.96. The van der Waals surface area contributed by atoms with Crippen molar-refractivity contribution in [3.63, 3.8) is 0 Å². The van der Waals surface area contributed by atoms with E-state index in [-0.39, 0.29) is 5.54 Å². The Morgan fingerprint density at radius 3 is 2.43 bits per heavy atom. The van der Waals surface area contributed by atoms with E-state index in [1.54, 1.807) is 0 Å². The molecule has 0 aromatic carbocycles. The van der Waals surface area contributed by atoms with Gasteiger partial charge in [0, 0.05) is 18.1 Å². The Bertz CT molecular complexity index is 192. The second-order valence-corrected chi connectivity index (χ2v) is 5.75. The monoisotopic (exact) mass is 196 g/mol. The van der Waals surface area contributed by atoms with Gasteiger partial charge in [-0.05, 0) is 44.6 Å². The number of hydrogen-bond donors (Lipinski definition) is 1. The van der Waals surface area contributed by atoms with Gasteiger partial charge in [0.1, 0.15) is 0 Å². The third-order valence-electron chi connectivity index (χ3n) is 3.47. The summed E-state index contributed by atoms with van der Waals surface area (Å²) < 4.78 is 0. The standard InChI is InChI=1S/C12H24N2/c1-10(2)5-8-14(11-3-4-11)9-12(13)6-7-12/h10-11H,3-9,13H2,1-2H3. The maximum Gasteiger partial charge on any atom is 0.0284 e. The summed E-state index contributed by atoms with van der Waals surface area (Å²) in [5.41, 5.74) is 6.39. The van der Waals surface area contributed by atoms with E-state index in [9.17, 15) is 0 Å². The van der Waals surface area contributed by atoms with Gasteiger partial charge in [-0.3, -0.25) is 4.90 Å². The first-order valence-electron chi connectivity index (χ1n) is 6.12. The van der Waals surface area contributed by atoms with E-state index in [1.165, 1.54) is 38.6 Å². The second kappa shape index (κ2) is 3.82. The summed E-state index contributed by atoms with van der Waals surface area (Å²) in [4.78, 5) is 2.65. The molecule has 0 radical (unpaired) electrons. The summed E-state index contributed by atoms with van der Waals surface area (Å²) in [7, 11) is 0. The molecule has 0 aromatic rings. The minimum Gasteiger partial charge on any atom is -0.324 e. The van der Waals surface area contributed by atoms with Crippen LogP contribution in [-0.4, -0.2) is 29.6 Å². The molecule has 0 amide bonds. The highest BCUT2D eigenvalue weighted by molar-refractivity contribution is 5.03. The highest BCUT2D eigenvalue weighted by Gasteiger charge is 2.42.